The first-order chi connectivity index (χ1) is 14.3. The van der Waals surface area contributed by atoms with Gasteiger partial charge < -0.3 is 20.3 Å². The second kappa shape index (κ2) is 8.76. The Morgan fingerprint density at radius 3 is 2.43 bits per heavy atom. The minimum atomic E-state index is -0.362. The van der Waals surface area contributed by atoms with E-state index in [1.54, 1.807) is 18.5 Å². The molecule has 1 saturated carbocycles. The zero-order chi connectivity index (χ0) is 21.4. The van der Waals surface area contributed by atoms with Gasteiger partial charge >= 0.3 is 0 Å². The summed E-state index contributed by atoms with van der Waals surface area (Å²) < 4.78 is 16.6. The van der Waals surface area contributed by atoms with E-state index in [0.717, 1.165) is 31.3 Å². The van der Waals surface area contributed by atoms with E-state index in [1.165, 1.54) is 0 Å². The van der Waals surface area contributed by atoms with Gasteiger partial charge in [0.05, 0.1) is 21.4 Å². The largest absolute Gasteiger partial charge is 0.393 e. The van der Waals surface area contributed by atoms with Crippen molar-refractivity contribution in [3.8, 4) is 0 Å². The van der Waals surface area contributed by atoms with Gasteiger partial charge in [-0.15, -0.1) is 0 Å². The van der Waals surface area contributed by atoms with E-state index in [-0.39, 0.29) is 24.0 Å². The van der Waals surface area contributed by atoms with Crippen LogP contribution in [0.3, 0.4) is 0 Å². The second-order valence-corrected chi connectivity index (χ2v) is 9.55. The number of aromatic nitrogens is 4. The van der Waals surface area contributed by atoms with E-state index < -0.39 is 0 Å². The lowest BCUT2D eigenvalue weighted by Crippen LogP contribution is -2.29. The van der Waals surface area contributed by atoms with Gasteiger partial charge in [-0.05, 0) is 83.5 Å². The molecule has 0 radical (unpaired) electrons. The molecule has 3 N–H and O–H groups in total. The second-order valence-electron chi connectivity index (χ2n) is 7.84. The van der Waals surface area contributed by atoms with Gasteiger partial charge in [-0.1, -0.05) is 0 Å². The van der Waals surface area contributed by atoms with Crippen molar-refractivity contribution in [3.05, 3.63) is 33.2 Å². The summed E-state index contributed by atoms with van der Waals surface area (Å²) in [4.78, 5) is 13.9. The first-order valence-corrected chi connectivity index (χ1v) is 11.5. The van der Waals surface area contributed by atoms with Crippen molar-refractivity contribution >= 4 is 60.5 Å². The van der Waals surface area contributed by atoms with Gasteiger partial charge in [-0.2, -0.15) is 9.97 Å². The molecular weight excluding hydrogens is 519 g/mol. The Kier molecular flexibility index (Phi) is 6.26. The molecule has 0 bridgehead atoms. The minimum Gasteiger partial charge on any atom is -0.393 e. The van der Waals surface area contributed by atoms with E-state index in [2.05, 4.69) is 66.3 Å². The third-order valence-corrected chi connectivity index (χ3v) is 6.41. The van der Waals surface area contributed by atoms with E-state index in [0.29, 0.717) is 31.9 Å². The number of nitrogens with zero attached hydrogens (tertiary/aromatic N) is 4. The van der Waals surface area contributed by atoms with Crippen molar-refractivity contribution < 1.29 is 9.50 Å². The number of fused-ring (bicyclic) bond motifs is 1. The Bertz CT molecular complexity index is 1040. The summed E-state index contributed by atoms with van der Waals surface area (Å²) in [5, 5.41) is 16.4. The monoisotopic (exact) mass is 540 g/mol. The van der Waals surface area contributed by atoms with Crippen LogP contribution in [0.1, 0.15) is 45.6 Å². The van der Waals surface area contributed by atoms with Crippen LogP contribution in [-0.4, -0.2) is 36.8 Å². The van der Waals surface area contributed by atoms with Gasteiger partial charge in [0.2, 0.25) is 5.95 Å². The van der Waals surface area contributed by atoms with Crippen LogP contribution in [-0.2, 0) is 0 Å². The highest BCUT2D eigenvalue weighted by molar-refractivity contribution is 9.11. The third-order valence-electron chi connectivity index (χ3n) is 5.25. The lowest BCUT2D eigenvalue weighted by atomic mass is 9.93. The summed E-state index contributed by atoms with van der Waals surface area (Å²) >= 11 is 6.48. The maximum absolute atomic E-state index is 14.0. The van der Waals surface area contributed by atoms with E-state index in [9.17, 15) is 9.50 Å². The maximum Gasteiger partial charge on any atom is 0.227 e. The molecule has 1 fully saturated rings. The molecule has 0 amide bonds. The number of anilines is 3. The van der Waals surface area contributed by atoms with E-state index in [1.807, 2.05) is 4.57 Å². The van der Waals surface area contributed by atoms with Gasteiger partial charge in [0.15, 0.2) is 22.8 Å². The third kappa shape index (κ3) is 4.45. The summed E-state index contributed by atoms with van der Waals surface area (Å²) in [6.45, 7) is 4.14. The first kappa shape index (κ1) is 21.5. The Labute approximate surface area is 190 Å². The molecule has 0 unspecified atom stereocenters. The van der Waals surface area contributed by atoms with Crippen LogP contribution >= 0.6 is 31.9 Å². The lowest BCUT2D eigenvalue weighted by Gasteiger charge is -2.26. The first-order valence-electron chi connectivity index (χ1n) is 9.92. The zero-order valence-corrected chi connectivity index (χ0v) is 19.8. The van der Waals surface area contributed by atoms with Crippen LogP contribution in [0.4, 0.5) is 21.8 Å². The molecule has 0 aliphatic heterocycles. The van der Waals surface area contributed by atoms with Crippen molar-refractivity contribution in [1.82, 2.24) is 19.5 Å². The molecule has 0 saturated heterocycles. The van der Waals surface area contributed by atoms with Gasteiger partial charge in [-0.3, -0.25) is 0 Å². The molecule has 1 aromatic carbocycles. The Balaban J connectivity index is 1.72. The van der Waals surface area contributed by atoms with Crippen molar-refractivity contribution in [2.24, 2.45) is 0 Å². The molecule has 160 valence electrons. The smallest absolute Gasteiger partial charge is 0.227 e. The number of aliphatic hydroxyl groups excluding tert-OH is 1. The number of nitrogens with one attached hydrogen (secondary N) is 2. The molecule has 7 nitrogen and oxygen atoms in total. The number of imidazole rings is 1. The topological polar surface area (TPSA) is 87.9 Å². The van der Waals surface area contributed by atoms with Gasteiger partial charge in [0, 0.05) is 17.8 Å². The summed E-state index contributed by atoms with van der Waals surface area (Å²) in [7, 11) is 0. The molecule has 2 heterocycles. The van der Waals surface area contributed by atoms with Crippen LogP contribution in [0.15, 0.2) is 27.4 Å². The molecule has 10 heteroatoms. The fraction of sp³-hybridized carbons (Fsp3) is 0.450. The standard InChI is InChI=1S/C20H23Br2FN6O/c1-10(2)29-9-24-17-18(25-12-7-14(21)16(23)15(22)8-12)27-20(28-19(17)29)26-11-3-5-13(30)6-4-11/h7-11,13,30H,3-6H2,1-2H3,(H2,25,26,27,28). The molecule has 2 aromatic heterocycles. The SMILES string of the molecule is CC(C)n1cnc2c(Nc3cc(Br)c(F)c(Br)c3)nc(NC3CCC(O)CC3)nc21. The zero-order valence-electron chi connectivity index (χ0n) is 16.7. The molecule has 1 aliphatic rings. The Morgan fingerprint density at radius 2 is 1.80 bits per heavy atom. The fourth-order valence-corrected chi connectivity index (χ4v) is 4.80. The molecule has 0 spiro atoms. The highest BCUT2D eigenvalue weighted by atomic mass is 79.9. The number of hydrogen-bond donors (Lipinski definition) is 3. The molecule has 1 aliphatic carbocycles. The van der Waals surface area contributed by atoms with Crippen LogP contribution in [0.5, 0.6) is 0 Å². The molecule has 3 aromatic rings. The summed E-state index contributed by atoms with van der Waals surface area (Å²) in [5.41, 5.74) is 2.03. The fourth-order valence-electron chi connectivity index (χ4n) is 3.61. The van der Waals surface area contributed by atoms with Gasteiger partial charge in [0.25, 0.3) is 0 Å². The van der Waals surface area contributed by atoms with E-state index >= 15 is 0 Å². The van der Waals surface area contributed by atoms with Crippen molar-refractivity contribution in [2.45, 2.75) is 57.7 Å². The normalized spacial score (nSPS) is 19.4. The summed E-state index contributed by atoms with van der Waals surface area (Å²) in [5.74, 6) is 0.691. The predicted molar refractivity (Wildman–Crippen MR) is 123 cm³/mol. The molecule has 30 heavy (non-hydrogen) atoms. The highest BCUT2D eigenvalue weighted by Gasteiger charge is 2.22. The maximum atomic E-state index is 14.0. The van der Waals surface area contributed by atoms with Crippen molar-refractivity contribution in [2.75, 3.05) is 10.6 Å². The number of aliphatic hydroxyl groups is 1. The number of halogens is 3. The van der Waals surface area contributed by atoms with E-state index in [4.69, 9.17) is 4.98 Å². The van der Waals surface area contributed by atoms with Crippen LogP contribution in [0, 0.1) is 5.82 Å². The van der Waals surface area contributed by atoms with Gasteiger partial charge in [-0.25, -0.2) is 9.37 Å². The number of benzene rings is 1. The highest BCUT2D eigenvalue weighted by Crippen LogP contribution is 2.32. The van der Waals surface area contributed by atoms with Crippen LogP contribution < -0.4 is 10.6 Å². The minimum absolute atomic E-state index is 0.185. The van der Waals surface area contributed by atoms with Crippen molar-refractivity contribution in [3.63, 3.8) is 0 Å². The molecule has 4 rings (SSSR count). The van der Waals surface area contributed by atoms with Crippen molar-refractivity contribution in [1.29, 1.82) is 0 Å². The Hall–Kier alpha value is -1.78. The predicted octanol–water partition coefficient (Wildman–Crippen LogP) is 5.53. The number of hydrogen-bond acceptors (Lipinski definition) is 6. The van der Waals surface area contributed by atoms with Crippen LogP contribution in [0.25, 0.3) is 11.2 Å². The molecule has 0 atom stereocenters. The molecular formula is C20H23Br2FN6O. The average molecular weight is 542 g/mol. The number of rotatable bonds is 5. The quantitative estimate of drug-likeness (QED) is 0.368. The lowest BCUT2D eigenvalue weighted by molar-refractivity contribution is 0.126. The summed E-state index contributed by atoms with van der Waals surface area (Å²) in [6.07, 6.45) is 4.81. The summed E-state index contributed by atoms with van der Waals surface area (Å²) in [6, 6.07) is 3.71. The Morgan fingerprint density at radius 1 is 1.13 bits per heavy atom. The van der Waals surface area contributed by atoms with Crippen LogP contribution in [0.2, 0.25) is 0 Å². The average Bonchev–Trinajstić information content (AvgIpc) is 3.12. The van der Waals surface area contributed by atoms with Gasteiger partial charge in [0.1, 0.15) is 0 Å².